The minimum Gasteiger partial charge on any atom is -0.492 e. The summed E-state index contributed by atoms with van der Waals surface area (Å²) in [6.45, 7) is 4.12. The normalized spacial score (nSPS) is 33.9. The van der Waals surface area contributed by atoms with E-state index in [1.165, 1.54) is 0 Å². The Morgan fingerprint density at radius 1 is 1.67 bits per heavy atom. The molecule has 0 saturated heterocycles. The van der Waals surface area contributed by atoms with Crippen LogP contribution in [0.1, 0.15) is 13.8 Å². The fraction of sp³-hybridized carbons (Fsp3) is 0.714. The van der Waals surface area contributed by atoms with Gasteiger partial charge in [0.05, 0.1) is 0 Å². The van der Waals surface area contributed by atoms with Crippen molar-refractivity contribution in [2.45, 2.75) is 20.0 Å². The van der Waals surface area contributed by atoms with Crippen molar-refractivity contribution in [3.05, 3.63) is 11.8 Å². The Morgan fingerprint density at radius 2 is 2.33 bits per heavy atom. The summed E-state index contributed by atoms with van der Waals surface area (Å²) in [7, 11) is 0. The van der Waals surface area contributed by atoms with E-state index in [1.807, 2.05) is 13.0 Å². The minimum absolute atomic E-state index is 0.0364. The van der Waals surface area contributed by atoms with Gasteiger partial charge in [0.2, 0.25) is 0 Å². The lowest BCUT2D eigenvalue weighted by Crippen LogP contribution is -2.08. The largest absolute Gasteiger partial charge is 0.492 e. The van der Waals surface area contributed by atoms with E-state index in [-0.39, 0.29) is 12.7 Å². The average molecular weight is 128 g/mol. The molecule has 1 aliphatic heterocycles. The summed E-state index contributed by atoms with van der Waals surface area (Å²) in [5.41, 5.74) is 0. The average Bonchev–Trinajstić information content (AvgIpc) is 2.13. The molecule has 1 N–H and O–H groups in total. The first-order valence-corrected chi connectivity index (χ1v) is 3.22. The van der Waals surface area contributed by atoms with Crippen LogP contribution in [-0.2, 0) is 4.74 Å². The SMILES string of the molecule is CC1C=C(CO)OC1C. The highest BCUT2D eigenvalue weighted by Gasteiger charge is 2.19. The third-order valence-electron chi connectivity index (χ3n) is 1.68. The fourth-order valence-electron chi connectivity index (χ4n) is 0.904. The molecule has 2 nitrogen and oxygen atoms in total. The zero-order valence-electron chi connectivity index (χ0n) is 5.79. The molecule has 1 heterocycles. The van der Waals surface area contributed by atoms with E-state index in [9.17, 15) is 0 Å². The second-order valence-electron chi connectivity index (χ2n) is 2.47. The van der Waals surface area contributed by atoms with Gasteiger partial charge in [-0.15, -0.1) is 0 Å². The number of hydrogen-bond donors (Lipinski definition) is 1. The summed E-state index contributed by atoms with van der Waals surface area (Å²) in [6, 6.07) is 0. The van der Waals surface area contributed by atoms with Crippen LogP contribution in [0.4, 0.5) is 0 Å². The van der Waals surface area contributed by atoms with Crippen LogP contribution in [0.2, 0.25) is 0 Å². The smallest absolute Gasteiger partial charge is 0.118 e. The van der Waals surface area contributed by atoms with E-state index in [4.69, 9.17) is 9.84 Å². The highest BCUT2D eigenvalue weighted by Crippen LogP contribution is 2.21. The van der Waals surface area contributed by atoms with Gasteiger partial charge in [0.15, 0.2) is 0 Å². The van der Waals surface area contributed by atoms with Crippen molar-refractivity contribution in [1.82, 2.24) is 0 Å². The molecule has 0 aliphatic carbocycles. The molecular formula is C7H12O2. The Hall–Kier alpha value is -0.500. The van der Waals surface area contributed by atoms with Crippen molar-refractivity contribution in [2.24, 2.45) is 5.92 Å². The fourth-order valence-corrected chi connectivity index (χ4v) is 0.904. The second-order valence-corrected chi connectivity index (χ2v) is 2.47. The molecular weight excluding hydrogens is 116 g/mol. The van der Waals surface area contributed by atoms with Crippen LogP contribution in [0.5, 0.6) is 0 Å². The molecule has 0 radical (unpaired) electrons. The maximum atomic E-state index is 8.61. The van der Waals surface area contributed by atoms with E-state index in [0.29, 0.717) is 5.92 Å². The molecule has 52 valence electrons. The molecule has 2 heteroatoms. The van der Waals surface area contributed by atoms with Gasteiger partial charge >= 0.3 is 0 Å². The molecule has 0 aromatic heterocycles. The number of ether oxygens (including phenoxy) is 1. The van der Waals surface area contributed by atoms with Gasteiger partial charge in [-0.25, -0.2) is 0 Å². The first kappa shape index (κ1) is 6.62. The van der Waals surface area contributed by atoms with Crippen LogP contribution in [-0.4, -0.2) is 17.8 Å². The predicted octanol–water partition coefficient (Wildman–Crippen LogP) is 0.917. The van der Waals surface area contributed by atoms with E-state index < -0.39 is 0 Å². The summed E-state index contributed by atoms with van der Waals surface area (Å²) < 4.78 is 5.23. The second kappa shape index (κ2) is 2.40. The molecule has 0 fully saturated rings. The van der Waals surface area contributed by atoms with Crippen molar-refractivity contribution in [1.29, 1.82) is 0 Å². The maximum absolute atomic E-state index is 8.61. The summed E-state index contributed by atoms with van der Waals surface area (Å²) >= 11 is 0. The molecule has 0 saturated carbocycles. The van der Waals surface area contributed by atoms with Crippen LogP contribution in [0.3, 0.4) is 0 Å². The topological polar surface area (TPSA) is 29.5 Å². The van der Waals surface area contributed by atoms with Crippen molar-refractivity contribution >= 4 is 0 Å². The Balaban J connectivity index is 2.52. The highest BCUT2D eigenvalue weighted by molar-refractivity contribution is 5.04. The molecule has 1 aliphatic rings. The van der Waals surface area contributed by atoms with Gasteiger partial charge in [-0.1, -0.05) is 6.92 Å². The summed E-state index contributed by atoms with van der Waals surface area (Å²) in [5.74, 6) is 1.17. The van der Waals surface area contributed by atoms with E-state index in [0.717, 1.165) is 5.76 Å². The van der Waals surface area contributed by atoms with Gasteiger partial charge in [0, 0.05) is 5.92 Å². The molecule has 0 spiro atoms. The quantitative estimate of drug-likeness (QED) is 0.569. The lowest BCUT2D eigenvalue weighted by molar-refractivity contribution is 0.107. The number of aliphatic hydroxyl groups excluding tert-OH is 1. The number of rotatable bonds is 1. The number of aliphatic hydroxyl groups is 1. The molecule has 9 heavy (non-hydrogen) atoms. The number of hydrogen-bond acceptors (Lipinski definition) is 2. The van der Waals surface area contributed by atoms with Gasteiger partial charge in [-0.05, 0) is 13.0 Å². The zero-order chi connectivity index (χ0) is 6.85. The molecule has 0 aromatic rings. The van der Waals surface area contributed by atoms with Crippen LogP contribution < -0.4 is 0 Å². The van der Waals surface area contributed by atoms with Crippen molar-refractivity contribution in [3.63, 3.8) is 0 Å². The van der Waals surface area contributed by atoms with E-state index in [2.05, 4.69) is 6.92 Å². The minimum atomic E-state index is 0.0364. The Morgan fingerprint density at radius 3 is 2.56 bits per heavy atom. The van der Waals surface area contributed by atoms with Gasteiger partial charge in [-0.2, -0.15) is 0 Å². The standard InChI is InChI=1S/C7H12O2/c1-5-3-7(4-8)9-6(5)2/h3,5-6,8H,4H2,1-2H3. The highest BCUT2D eigenvalue weighted by atomic mass is 16.5. The summed E-state index contributed by atoms with van der Waals surface area (Å²) in [6.07, 6.45) is 2.21. The first-order valence-electron chi connectivity index (χ1n) is 3.22. The molecule has 1 rings (SSSR count). The molecule has 2 unspecified atom stereocenters. The maximum Gasteiger partial charge on any atom is 0.118 e. The van der Waals surface area contributed by atoms with Gasteiger partial charge < -0.3 is 9.84 Å². The lowest BCUT2D eigenvalue weighted by atomic mass is 10.1. The van der Waals surface area contributed by atoms with Crippen molar-refractivity contribution in [3.8, 4) is 0 Å². The lowest BCUT2D eigenvalue weighted by Gasteiger charge is -2.08. The summed E-state index contributed by atoms with van der Waals surface area (Å²) in [5, 5.41) is 8.61. The van der Waals surface area contributed by atoms with Crippen LogP contribution in [0, 0.1) is 5.92 Å². The van der Waals surface area contributed by atoms with Crippen molar-refractivity contribution < 1.29 is 9.84 Å². The zero-order valence-corrected chi connectivity index (χ0v) is 5.79. The van der Waals surface area contributed by atoms with E-state index in [1.54, 1.807) is 0 Å². The Labute approximate surface area is 55.1 Å². The molecule has 0 bridgehead atoms. The predicted molar refractivity (Wildman–Crippen MR) is 34.9 cm³/mol. The monoisotopic (exact) mass is 128 g/mol. The van der Waals surface area contributed by atoms with Crippen LogP contribution >= 0.6 is 0 Å². The molecule has 0 aromatic carbocycles. The summed E-state index contributed by atoms with van der Waals surface area (Å²) in [4.78, 5) is 0. The van der Waals surface area contributed by atoms with Crippen LogP contribution in [0.15, 0.2) is 11.8 Å². The third-order valence-corrected chi connectivity index (χ3v) is 1.68. The molecule has 0 amide bonds. The van der Waals surface area contributed by atoms with Gasteiger partial charge in [0.25, 0.3) is 0 Å². The van der Waals surface area contributed by atoms with E-state index >= 15 is 0 Å². The molecule has 2 atom stereocenters. The van der Waals surface area contributed by atoms with Crippen molar-refractivity contribution in [2.75, 3.05) is 6.61 Å². The van der Waals surface area contributed by atoms with Crippen LogP contribution in [0.25, 0.3) is 0 Å². The Kier molecular flexibility index (Phi) is 1.76. The Bertz CT molecular complexity index is 129. The van der Waals surface area contributed by atoms with Gasteiger partial charge in [-0.3, -0.25) is 0 Å². The van der Waals surface area contributed by atoms with Gasteiger partial charge in [0.1, 0.15) is 18.5 Å². The first-order chi connectivity index (χ1) is 4.24. The third kappa shape index (κ3) is 1.24.